The predicted molar refractivity (Wildman–Crippen MR) is 126 cm³/mol. The minimum Gasteiger partial charge on any atom is -0.334 e. The molecule has 1 aromatic carbocycles. The minimum atomic E-state index is -0.540. The first-order valence-electron chi connectivity index (χ1n) is 12.4. The summed E-state index contributed by atoms with van der Waals surface area (Å²) in [4.78, 5) is 44.0. The van der Waals surface area contributed by atoms with E-state index in [0.29, 0.717) is 19.6 Å². The molecular formula is C25H37N5O3. The van der Waals surface area contributed by atoms with E-state index in [9.17, 15) is 14.4 Å². The van der Waals surface area contributed by atoms with Crippen LogP contribution in [0.2, 0.25) is 0 Å². The second-order valence-electron chi connectivity index (χ2n) is 9.72. The van der Waals surface area contributed by atoms with Crippen LogP contribution in [0.25, 0.3) is 0 Å². The first-order valence-corrected chi connectivity index (χ1v) is 12.4. The third-order valence-corrected chi connectivity index (χ3v) is 7.22. The van der Waals surface area contributed by atoms with E-state index in [0.717, 1.165) is 31.2 Å². The lowest BCUT2D eigenvalue weighted by Gasteiger charge is -2.57. The molecule has 2 atom stereocenters. The smallest absolute Gasteiger partial charge is 0.334 e. The van der Waals surface area contributed by atoms with E-state index in [2.05, 4.69) is 5.32 Å². The highest BCUT2D eigenvalue weighted by Crippen LogP contribution is 2.33. The van der Waals surface area contributed by atoms with Crippen molar-refractivity contribution in [2.75, 3.05) is 19.6 Å². The van der Waals surface area contributed by atoms with Crippen molar-refractivity contribution < 1.29 is 14.4 Å². The Morgan fingerprint density at radius 3 is 2.42 bits per heavy atom. The zero-order valence-corrected chi connectivity index (χ0v) is 20.1. The number of amides is 4. The third kappa shape index (κ3) is 4.71. The number of carbonyl (C=O) groups excluding carboxylic acids is 3. The third-order valence-electron chi connectivity index (χ3n) is 7.22. The summed E-state index contributed by atoms with van der Waals surface area (Å²) in [6.07, 6.45) is 4.95. The van der Waals surface area contributed by atoms with Gasteiger partial charge in [-0.15, -0.1) is 0 Å². The Kier molecular flexibility index (Phi) is 7.22. The van der Waals surface area contributed by atoms with E-state index in [1.165, 1.54) is 6.42 Å². The second-order valence-corrected chi connectivity index (χ2v) is 9.72. The van der Waals surface area contributed by atoms with Gasteiger partial charge >= 0.3 is 6.03 Å². The number of nitrogens with zero attached hydrogens (tertiary/aromatic N) is 4. The average Bonchev–Trinajstić information content (AvgIpc) is 2.83. The number of hydrogen-bond donors (Lipinski definition) is 1. The zero-order valence-electron chi connectivity index (χ0n) is 20.1. The van der Waals surface area contributed by atoms with Crippen LogP contribution >= 0.6 is 0 Å². The summed E-state index contributed by atoms with van der Waals surface area (Å²) in [5.74, 6) is -0.0712. The fourth-order valence-electron chi connectivity index (χ4n) is 5.56. The van der Waals surface area contributed by atoms with Crippen molar-refractivity contribution >= 4 is 17.8 Å². The molecule has 3 fully saturated rings. The summed E-state index contributed by atoms with van der Waals surface area (Å²) in [6.45, 7) is 7.35. The van der Waals surface area contributed by atoms with Crippen molar-refractivity contribution in [3.05, 3.63) is 35.9 Å². The van der Waals surface area contributed by atoms with Crippen molar-refractivity contribution in [3.63, 3.8) is 0 Å². The van der Waals surface area contributed by atoms with Gasteiger partial charge in [0.05, 0.1) is 13.1 Å². The van der Waals surface area contributed by atoms with Crippen LogP contribution in [-0.4, -0.2) is 75.5 Å². The van der Waals surface area contributed by atoms with Gasteiger partial charge in [0.15, 0.2) is 0 Å². The van der Waals surface area contributed by atoms with Crippen LogP contribution in [0.3, 0.4) is 0 Å². The minimum absolute atomic E-state index is 0.0299. The van der Waals surface area contributed by atoms with Gasteiger partial charge in [0, 0.05) is 19.1 Å². The van der Waals surface area contributed by atoms with Crippen molar-refractivity contribution in [2.24, 2.45) is 5.92 Å². The summed E-state index contributed by atoms with van der Waals surface area (Å²) in [7, 11) is 0. The highest BCUT2D eigenvalue weighted by molar-refractivity contribution is 5.91. The number of hydrazine groups is 1. The molecule has 3 aliphatic rings. The quantitative estimate of drug-likeness (QED) is 0.741. The highest BCUT2D eigenvalue weighted by Gasteiger charge is 2.53. The van der Waals surface area contributed by atoms with Gasteiger partial charge in [0.2, 0.25) is 11.8 Å². The molecule has 1 saturated carbocycles. The molecule has 0 bridgehead atoms. The standard InChI is InChI=1S/C25H37N5O3/c1-4-27-17-22(31)29-21(30(27)25(33)26-15-19-11-7-5-8-12-19)16-28(20-13-9-6-10-14-20)24(32)23(29)18(2)3/h5,7-8,11-12,18,20-21,23H,4,6,9-10,13-17H2,1-3H3,(H,26,33)/t21-,23-/m0/s1. The molecule has 1 aliphatic carbocycles. The number of rotatable bonds is 5. The molecule has 180 valence electrons. The first-order chi connectivity index (χ1) is 15.9. The Balaban J connectivity index is 1.62. The van der Waals surface area contributed by atoms with Crippen LogP contribution in [0, 0.1) is 5.92 Å². The molecule has 33 heavy (non-hydrogen) atoms. The normalized spacial score (nSPS) is 24.9. The summed E-state index contributed by atoms with van der Waals surface area (Å²) in [5.41, 5.74) is 1.02. The largest absolute Gasteiger partial charge is 0.334 e. The molecule has 1 aromatic rings. The Hall–Kier alpha value is -2.61. The van der Waals surface area contributed by atoms with E-state index in [1.807, 2.05) is 61.0 Å². The Bertz CT molecular complexity index is 855. The van der Waals surface area contributed by atoms with Crippen molar-refractivity contribution in [1.82, 2.24) is 25.1 Å². The molecule has 8 heteroatoms. The summed E-state index contributed by atoms with van der Waals surface area (Å²) in [6, 6.07) is 9.21. The summed E-state index contributed by atoms with van der Waals surface area (Å²) < 4.78 is 0. The van der Waals surface area contributed by atoms with E-state index in [4.69, 9.17) is 0 Å². The number of fused-ring (bicyclic) bond motifs is 1. The average molecular weight is 456 g/mol. The van der Waals surface area contributed by atoms with Gasteiger partial charge in [-0.25, -0.2) is 14.8 Å². The number of carbonyl (C=O) groups is 3. The van der Waals surface area contributed by atoms with Gasteiger partial charge in [-0.1, -0.05) is 70.4 Å². The van der Waals surface area contributed by atoms with Crippen LogP contribution in [0.15, 0.2) is 30.3 Å². The summed E-state index contributed by atoms with van der Waals surface area (Å²) >= 11 is 0. The number of nitrogens with one attached hydrogen (secondary N) is 1. The van der Waals surface area contributed by atoms with Crippen LogP contribution in [0.1, 0.15) is 58.4 Å². The van der Waals surface area contributed by atoms with Crippen LogP contribution in [0.4, 0.5) is 4.79 Å². The van der Waals surface area contributed by atoms with Crippen molar-refractivity contribution in [2.45, 2.75) is 77.7 Å². The number of likely N-dealkylation sites (N-methyl/N-ethyl adjacent to an activating group) is 1. The van der Waals surface area contributed by atoms with E-state index in [-0.39, 0.29) is 36.3 Å². The topological polar surface area (TPSA) is 76.2 Å². The predicted octanol–water partition coefficient (Wildman–Crippen LogP) is 2.80. The molecule has 2 aliphatic heterocycles. The molecule has 4 amide bonds. The van der Waals surface area contributed by atoms with E-state index < -0.39 is 12.2 Å². The Morgan fingerprint density at radius 1 is 1.09 bits per heavy atom. The fourth-order valence-corrected chi connectivity index (χ4v) is 5.56. The molecule has 1 N–H and O–H groups in total. The van der Waals surface area contributed by atoms with Crippen LogP contribution in [-0.2, 0) is 16.1 Å². The molecule has 4 rings (SSSR count). The van der Waals surface area contributed by atoms with Gasteiger partial charge in [0.25, 0.3) is 0 Å². The Labute approximate surface area is 196 Å². The highest BCUT2D eigenvalue weighted by atomic mass is 16.2. The molecular weight excluding hydrogens is 418 g/mol. The lowest BCUT2D eigenvalue weighted by Crippen LogP contribution is -2.77. The molecule has 0 aromatic heterocycles. The maximum absolute atomic E-state index is 13.6. The van der Waals surface area contributed by atoms with Gasteiger partial charge in [-0.3, -0.25) is 9.59 Å². The SMILES string of the molecule is CCN1CC(=O)N2[C@@H](C(C)C)C(=O)N(C3CCCCC3)C[C@@H]2N1C(=O)NCc1ccccc1. The molecule has 0 unspecified atom stereocenters. The van der Waals surface area contributed by atoms with E-state index in [1.54, 1.807) is 9.91 Å². The van der Waals surface area contributed by atoms with Crippen molar-refractivity contribution in [1.29, 1.82) is 0 Å². The monoisotopic (exact) mass is 455 g/mol. The van der Waals surface area contributed by atoms with Crippen LogP contribution in [0.5, 0.6) is 0 Å². The molecule has 8 nitrogen and oxygen atoms in total. The first kappa shape index (κ1) is 23.5. The van der Waals surface area contributed by atoms with Gasteiger partial charge in [-0.05, 0) is 24.3 Å². The van der Waals surface area contributed by atoms with Gasteiger partial charge in [0.1, 0.15) is 12.2 Å². The lowest BCUT2D eigenvalue weighted by molar-refractivity contribution is -0.195. The van der Waals surface area contributed by atoms with Gasteiger partial charge < -0.3 is 15.1 Å². The Morgan fingerprint density at radius 2 is 1.79 bits per heavy atom. The molecule has 0 radical (unpaired) electrons. The van der Waals surface area contributed by atoms with Crippen molar-refractivity contribution in [3.8, 4) is 0 Å². The maximum Gasteiger partial charge on any atom is 0.334 e. The molecule has 0 spiro atoms. The lowest BCUT2D eigenvalue weighted by atomic mass is 9.90. The zero-order chi connectivity index (χ0) is 23.5. The molecule has 2 heterocycles. The van der Waals surface area contributed by atoms with Gasteiger partial charge in [-0.2, -0.15) is 0 Å². The number of benzene rings is 1. The maximum atomic E-state index is 13.6. The van der Waals surface area contributed by atoms with Crippen LogP contribution < -0.4 is 5.32 Å². The van der Waals surface area contributed by atoms with E-state index >= 15 is 0 Å². The number of hydrogen-bond acceptors (Lipinski definition) is 4. The number of urea groups is 1. The fraction of sp³-hybridized carbons (Fsp3) is 0.640. The molecule has 2 saturated heterocycles. The second kappa shape index (κ2) is 10.1. The summed E-state index contributed by atoms with van der Waals surface area (Å²) in [5, 5.41) is 6.55. The number of piperazine rings is 1.